The molecule has 0 aliphatic heterocycles. The van der Waals surface area contributed by atoms with Crippen LogP contribution in [-0.2, 0) is 6.54 Å². The van der Waals surface area contributed by atoms with E-state index in [4.69, 9.17) is 28.3 Å². The number of carbonyl (C=O) groups is 1. The average molecular weight is 525 g/mol. The van der Waals surface area contributed by atoms with E-state index in [9.17, 15) is 4.79 Å². The predicted molar refractivity (Wildman–Crippen MR) is 149 cm³/mol. The number of carbonyl (C=O) groups excluding carboxylic acids is 1. The monoisotopic (exact) mass is 524 g/mol. The number of amides is 1. The van der Waals surface area contributed by atoms with Gasteiger partial charge in [0.15, 0.2) is 5.58 Å². The van der Waals surface area contributed by atoms with Gasteiger partial charge in [0, 0.05) is 17.2 Å². The Bertz CT molecular complexity index is 1610. The smallest absolute Gasteiger partial charge is 0.305 e. The number of ether oxygens (including phenoxy) is 4. The summed E-state index contributed by atoms with van der Waals surface area (Å²) in [5, 5.41) is 0. The Morgan fingerprint density at radius 1 is 0.744 bits per heavy atom. The number of nitrogens with zero attached hydrogens (tertiary/aromatic N) is 2. The summed E-state index contributed by atoms with van der Waals surface area (Å²) in [6.45, 7) is 0.154. The second-order valence-corrected chi connectivity index (χ2v) is 8.71. The van der Waals surface area contributed by atoms with Crippen molar-refractivity contribution >= 4 is 23.0 Å². The highest BCUT2D eigenvalue weighted by Crippen LogP contribution is 2.32. The molecule has 0 fully saturated rings. The molecule has 4 aromatic carbocycles. The lowest BCUT2D eigenvalue weighted by molar-refractivity contribution is 0.0979. The molecule has 0 saturated carbocycles. The van der Waals surface area contributed by atoms with Crippen LogP contribution in [0, 0.1) is 0 Å². The van der Waals surface area contributed by atoms with Crippen molar-refractivity contribution in [2.45, 2.75) is 6.54 Å². The van der Waals surface area contributed by atoms with Crippen LogP contribution in [0.25, 0.3) is 22.2 Å². The number of oxazole rings is 1. The number of rotatable bonds is 9. The van der Waals surface area contributed by atoms with Gasteiger partial charge in [-0.3, -0.25) is 9.69 Å². The molecule has 8 heteroatoms. The summed E-state index contributed by atoms with van der Waals surface area (Å²) in [7, 11) is 6.36. The summed E-state index contributed by atoms with van der Waals surface area (Å²) >= 11 is 0. The quantitative estimate of drug-likeness (QED) is 0.221. The van der Waals surface area contributed by atoms with Crippen molar-refractivity contribution in [2.75, 3.05) is 33.3 Å². The maximum Gasteiger partial charge on any atom is 0.305 e. The molecule has 0 radical (unpaired) electrons. The molecule has 0 bridgehead atoms. The molecule has 0 aliphatic rings. The molecule has 0 atom stereocenters. The summed E-state index contributed by atoms with van der Waals surface area (Å²) in [4.78, 5) is 20.1. The van der Waals surface area contributed by atoms with Crippen LogP contribution in [0.15, 0.2) is 89.3 Å². The van der Waals surface area contributed by atoms with E-state index in [0.717, 1.165) is 22.4 Å². The molecule has 5 rings (SSSR count). The Hall–Kier alpha value is -4.98. The van der Waals surface area contributed by atoms with Crippen molar-refractivity contribution in [1.82, 2.24) is 4.98 Å². The van der Waals surface area contributed by atoms with E-state index in [-0.39, 0.29) is 18.5 Å². The standard InChI is InChI=1S/C31H28N2O6/c1-35-24-12-8-20(9-13-24)21-11-15-28-27(17-21)32-31(39-28)33(30(34)22-6-5-7-25(16-22)36-2)19-23-10-14-26(37-3)18-29(23)38-4/h5-18H,19H2,1-4H3. The van der Waals surface area contributed by atoms with Crippen LogP contribution >= 0.6 is 0 Å². The van der Waals surface area contributed by atoms with Crippen LogP contribution in [0.5, 0.6) is 23.0 Å². The van der Waals surface area contributed by atoms with E-state index in [1.807, 2.05) is 54.6 Å². The molecule has 0 N–H and O–H groups in total. The minimum absolute atomic E-state index is 0.154. The summed E-state index contributed by atoms with van der Waals surface area (Å²) in [5.74, 6) is 2.28. The molecule has 0 saturated heterocycles. The fourth-order valence-corrected chi connectivity index (χ4v) is 4.28. The second kappa shape index (κ2) is 11.2. The Morgan fingerprint density at radius 2 is 1.44 bits per heavy atom. The van der Waals surface area contributed by atoms with Gasteiger partial charge < -0.3 is 23.4 Å². The van der Waals surface area contributed by atoms with Crippen molar-refractivity contribution in [1.29, 1.82) is 0 Å². The Kier molecular flexibility index (Phi) is 7.36. The first-order valence-corrected chi connectivity index (χ1v) is 12.2. The summed E-state index contributed by atoms with van der Waals surface area (Å²) in [5.41, 5.74) is 4.36. The number of hydrogen-bond acceptors (Lipinski definition) is 7. The van der Waals surface area contributed by atoms with Crippen LogP contribution in [-0.4, -0.2) is 39.3 Å². The maximum atomic E-state index is 13.9. The van der Waals surface area contributed by atoms with Gasteiger partial charge in [0.2, 0.25) is 0 Å². The minimum Gasteiger partial charge on any atom is -0.497 e. The van der Waals surface area contributed by atoms with Gasteiger partial charge in [-0.15, -0.1) is 0 Å². The molecular weight excluding hydrogens is 496 g/mol. The third-order valence-corrected chi connectivity index (χ3v) is 6.42. The van der Waals surface area contributed by atoms with Gasteiger partial charge in [-0.05, 0) is 65.7 Å². The van der Waals surface area contributed by atoms with Crippen LogP contribution in [0.3, 0.4) is 0 Å². The molecule has 8 nitrogen and oxygen atoms in total. The van der Waals surface area contributed by atoms with Gasteiger partial charge in [0.25, 0.3) is 5.91 Å². The van der Waals surface area contributed by atoms with E-state index in [0.29, 0.717) is 33.9 Å². The highest BCUT2D eigenvalue weighted by molar-refractivity contribution is 6.05. The Labute approximate surface area is 226 Å². The SMILES string of the molecule is COc1ccc(-c2ccc3oc(N(Cc4ccc(OC)cc4OC)C(=O)c4cccc(OC)c4)nc3c2)cc1. The van der Waals surface area contributed by atoms with Crippen LogP contribution in [0.4, 0.5) is 6.01 Å². The zero-order chi connectivity index (χ0) is 27.4. The van der Waals surface area contributed by atoms with E-state index >= 15 is 0 Å². The maximum absolute atomic E-state index is 13.9. The van der Waals surface area contributed by atoms with Gasteiger partial charge in [-0.1, -0.05) is 24.3 Å². The molecular formula is C31H28N2O6. The van der Waals surface area contributed by atoms with Crippen LogP contribution < -0.4 is 23.8 Å². The van der Waals surface area contributed by atoms with Crippen molar-refractivity contribution in [3.05, 3.63) is 96.1 Å². The number of fused-ring (bicyclic) bond motifs is 1. The Morgan fingerprint density at radius 3 is 2.15 bits per heavy atom. The molecule has 1 aromatic heterocycles. The lowest BCUT2D eigenvalue weighted by Crippen LogP contribution is -2.31. The summed E-state index contributed by atoms with van der Waals surface area (Å²) in [6, 6.07) is 26.1. The minimum atomic E-state index is -0.297. The molecule has 198 valence electrons. The zero-order valence-corrected chi connectivity index (χ0v) is 22.1. The number of methoxy groups -OCH3 is 4. The molecule has 0 unspecified atom stereocenters. The molecule has 5 aromatic rings. The Balaban J connectivity index is 1.56. The molecule has 0 aliphatic carbocycles. The van der Waals surface area contributed by atoms with Crippen molar-refractivity contribution in [2.24, 2.45) is 0 Å². The predicted octanol–water partition coefficient (Wildman–Crippen LogP) is 6.38. The van der Waals surface area contributed by atoms with Crippen molar-refractivity contribution in [3.63, 3.8) is 0 Å². The third kappa shape index (κ3) is 5.36. The van der Waals surface area contributed by atoms with Crippen molar-refractivity contribution < 1.29 is 28.2 Å². The lowest BCUT2D eigenvalue weighted by atomic mass is 10.1. The number of anilines is 1. The van der Waals surface area contributed by atoms with E-state index in [1.165, 1.54) is 4.90 Å². The highest BCUT2D eigenvalue weighted by Gasteiger charge is 2.25. The van der Waals surface area contributed by atoms with E-state index in [1.54, 1.807) is 58.8 Å². The van der Waals surface area contributed by atoms with Crippen LogP contribution in [0.2, 0.25) is 0 Å². The van der Waals surface area contributed by atoms with Crippen LogP contribution in [0.1, 0.15) is 15.9 Å². The normalized spacial score (nSPS) is 10.8. The highest BCUT2D eigenvalue weighted by atomic mass is 16.5. The summed E-state index contributed by atoms with van der Waals surface area (Å²) < 4.78 is 27.7. The van der Waals surface area contributed by atoms with Crippen molar-refractivity contribution in [3.8, 4) is 34.1 Å². The fourth-order valence-electron chi connectivity index (χ4n) is 4.28. The number of hydrogen-bond donors (Lipinski definition) is 0. The second-order valence-electron chi connectivity index (χ2n) is 8.71. The van der Waals surface area contributed by atoms with Gasteiger partial charge >= 0.3 is 6.01 Å². The fraction of sp³-hybridized carbons (Fsp3) is 0.161. The first-order valence-electron chi connectivity index (χ1n) is 12.2. The number of aromatic nitrogens is 1. The average Bonchev–Trinajstić information content (AvgIpc) is 3.42. The van der Waals surface area contributed by atoms with Gasteiger partial charge in [0.05, 0.1) is 35.0 Å². The summed E-state index contributed by atoms with van der Waals surface area (Å²) in [6.07, 6.45) is 0. The zero-order valence-electron chi connectivity index (χ0n) is 22.1. The first kappa shape index (κ1) is 25.7. The number of benzene rings is 4. The molecule has 1 amide bonds. The topological polar surface area (TPSA) is 83.3 Å². The molecule has 39 heavy (non-hydrogen) atoms. The first-order chi connectivity index (χ1) is 19.0. The van der Waals surface area contributed by atoms with E-state index < -0.39 is 0 Å². The largest absolute Gasteiger partial charge is 0.497 e. The molecule has 1 heterocycles. The van der Waals surface area contributed by atoms with E-state index in [2.05, 4.69) is 0 Å². The molecule has 0 spiro atoms. The third-order valence-electron chi connectivity index (χ3n) is 6.42. The van der Waals surface area contributed by atoms with Gasteiger partial charge in [-0.25, -0.2) is 0 Å². The van der Waals surface area contributed by atoms with Gasteiger partial charge in [-0.2, -0.15) is 4.98 Å². The van der Waals surface area contributed by atoms with Gasteiger partial charge in [0.1, 0.15) is 28.5 Å². The lowest BCUT2D eigenvalue weighted by Gasteiger charge is -2.21.